The van der Waals surface area contributed by atoms with Crippen LogP contribution in [-0.4, -0.2) is 74.5 Å². The highest BCUT2D eigenvalue weighted by atomic mass is 16.5. The van der Waals surface area contributed by atoms with E-state index >= 15 is 0 Å². The normalized spacial score (nSPS) is 32.5. The van der Waals surface area contributed by atoms with Crippen molar-refractivity contribution in [1.82, 2.24) is 9.80 Å². The lowest BCUT2D eigenvalue weighted by atomic mass is 9.88. The van der Waals surface area contributed by atoms with Crippen molar-refractivity contribution in [3.63, 3.8) is 0 Å². The summed E-state index contributed by atoms with van der Waals surface area (Å²) in [6, 6.07) is 0.572. The molecule has 1 aliphatic heterocycles. The van der Waals surface area contributed by atoms with Gasteiger partial charge in [0.1, 0.15) is 0 Å². The van der Waals surface area contributed by atoms with E-state index in [-0.39, 0.29) is 0 Å². The third kappa shape index (κ3) is 3.91. The molecule has 0 bridgehead atoms. The molecule has 112 valence electrons. The van der Waals surface area contributed by atoms with E-state index < -0.39 is 0 Å². The smallest absolute Gasteiger partial charge is 0.0732 e. The van der Waals surface area contributed by atoms with Crippen LogP contribution >= 0.6 is 0 Å². The minimum atomic E-state index is 0.430. The number of nitrogens with zero attached hydrogens (tertiary/aromatic N) is 2. The van der Waals surface area contributed by atoms with Crippen molar-refractivity contribution < 1.29 is 9.47 Å². The Bertz CT molecular complexity index is 259. The van der Waals surface area contributed by atoms with E-state index in [0.717, 1.165) is 45.5 Å². The van der Waals surface area contributed by atoms with Gasteiger partial charge in [0.05, 0.1) is 18.8 Å². The van der Waals surface area contributed by atoms with E-state index in [4.69, 9.17) is 9.47 Å². The van der Waals surface area contributed by atoms with Crippen LogP contribution in [0, 0.1) is 0 Å². The number of methoxy groups -OCH3 is 1. The van der Waals surface area contributed by atoms with Crippen molar-refractivity contribution in [3.05, 3.63) is 0 Å². The van der Waals surface area contributed by atoms with Crippen LogP contribution in [0.5, 0.6) is 0 Å². The van der Waals surface area contributed by atoms with Crippen LogP contribution in [0.4, 0.5) is 0 Å². The average molecular weight is 270 g/mol. The number of ether oxygens (including phenoxy) is 2. The summed E-state index contributed by atoms with van der Waals surface area (Å²) in [4.78, 5) is 5.14. The number of hydrogen-bond donors (Lipinski definition) is 0. The summed E-state index contributed by atoms with van der Waals surface area (Å²) in [5.41, 5.74) is 0. The molecule has 0 N–H and O–H groups in total. The number of rotatable bonds is 6. The van der Waals surface area contributed by atoms with Gasteiger partial charge in [0, 0.05) is 32.8 Å². The zero-order valence-corrected chi connectivity index (χ0v) is 12.8. The molecule has 0 spiro atoms. The average Bonchev–Trinajstić information content (AvgIpc) is 2.47. The maximum atomic E-state index is 5.95. The Labute approximate surface area is 118 Å². The quantitative estimate of drug-likeness (QED) is 0.732. The summed E-state index contributed by atoms with van der Waals surface area (Å²) < 4.78 is 11.5. The van der Waals surface area contributed by atoms with Crippen LogP contribution in [0.25, 0.3) is 0 Å². The van der Waals surface area contributed by atoms with E-state index in [1.165, 1.54) is 13.1 Å². The number of morpholine rings is 1. The highest BCUT2D eigenvalue weighted by Gasteiger charge is 2.37. The monoisotopic (exact) mass is 270 g/mol. The van der Waals surface area contributed by atoms with Crippen molar-refractivity contribution in [1.29, 1.82) is 0 Å². The van der Waals surface area contributed by atoms with Crippen LogP contribution in [-0.2, 0) is 9.47 Å². The minimum absolute atomic E-state index is 0.430. The number of hydrogen-bond acceptors (Lipinski definition) is 4. The molecule has 3 atom stereocenters. The van der Waals surface area contributed by atoms with Crippen LogP contribution in [0.3, 0.4) is 0 Å². The first-order valence-corrected chi connectivity index (χ1v) is 7.89. The minimum Gasteiger partial charge on any atom is -0.381 e. The molecule has 4 nitrogen and oxygen atoms in total. The first kappa shape index (κ1) is 15.2. The predicted octanol–water partition coefficient (Wildman–Crippen LogP) is 1.60. The Morgan fingerprint density at radius 2 is 2.05 bits per heavy atom. The summed E-state index contributed by atoms with van der Waals surface area (Å²) in [5, 5.41) is 0. The second kappa shape index (κ2) is 7.58. The third-order valence-corrected chi connectivity index (χ3v) is 4.82. The van der Waals surface area contributed by atoms with Crippen molar-refractivity contribution in [3.8, 4) is 0 Å². The van der Waals surface area contributed by atoms with Gasteiger partial charge in [-0.05, 0) is 32.4 Å². The molecule has 1 heterocycles. The lowest BCUT2D eigenvalue weighted by Gasteiger charge is -2.46. The highest BCUT2D eigenvalue weighted by Crippen LogP contribution is 2.29. The lowest BCUT2D eigenvalue weighted by Crippen LogP contribution is -2.56. The van der Waals surface area contributed by atoms with E-state index in [1.807, 2.05) is 7.11 Å². The topological polar surface area (TPSA) is 24.9 Å². The molecule has 4 heteroatoms. The first-order chi connectivity index (χ1) is 9.28. The van der Waals surface area contributed by atoms with Gasteiger partial charge in [-0.2, -0.15) is 0 Å². The third-order valence-electron chi connectivity index (χ3n) is 4.82. The summed E-state index contributed by atoms with van der Waals surface area (Å²) in [7, 11) is 1.84. The molecule has 0 aromatic heterocycles. The molecule has 0 amide bonds. The predicted molar refractivity (Wildman–Crippen MR) is 77.5 cm³/mol. The van der Waals surface area contributed by atoms with Gasteiger partial charge in [0.2, 0.25) is 0 Å². The van der Waals surface area contributed by atoms with Gasteiger partial charge in [-0.1, -0.05) is 13.8 Å². The Balaban J connectivity index is 1.87. The highest BCUT2D eigenvalue weighted by molar-refractivity contribution is 4.91. The maximum absolute atomic E-state index is 5.95. The van der Waals surface area contributed by atoms with Crippen molar-refractivity contribution in [2.45, 2.75) is 51.4 Å². The number of fused-ring (bicyclic) bond motifs is 1. The Morgan fingerprint density at radius 3 is 2.74 bits per heavy atom. The standard InChI is InChI=1S/C15H30N2O2/c1-4-16(5-2)8-9-17-10-11-19-15-7-6-13(18-3)12-14(15)17/h13-15H,4-12H2,1-3H3. The second-order valence-electron chi connectivity index (χ2n) is 5.71. The molecule has 2 fully saturated rings. The van der Waals surface area contributed by atoms with Gasteiger partial charge in [-0.15, -0.1) is 0 Å². The summed E-state index contributed by atoms with van der Waals surface area (Å²) in [6.45, 7) is 11.1. The van der Waals surface area contributed by atoms with E-state index in [1.54, 1.807) is 0 Å². The molecule has 1 saturated carbocycles. The van der Waals surface area contributed by atoms with Crippen molar-refractivity contribution >= 4 is 0 Å². The SMILES string of the molecule is CCN(CC)CCN1CCOC2CCC(OC)CC21. The Kier molecular flexibility index (Phi) is 6.07. The largest absolute Gasteiger partial charge is 0.381 e. The van der Waals surface area contributed by atoms with Crippen molar-refractivity contribution in [2.24, 2.45) is 0 Å². The molecular formula is C15H30N2O2. The Hall–Kier alpha value is -0.160. The maximum Gasteiger partial charge on any atom is 0.0732 e. The molecule has 0 aromatic carbocycles. The molecule has 1 aliphatic carbocycles. The van der Waals surface area contributed by atoms with E-state index in [2.05, 4.69) is 23.6 Å². The summed E-state index contributed by atoms with van der Waals surface area (Å²) >= 11 is 0. The zero-order valence-electron chi connectivity index (χ0n) is 12.8. The molecule has 2 aliphatic rings. The zero-order chi connectivity index (χ0) is 13.7. The van der Waals surface area contributed by atoms with Crippen LogP contribution < -0.4 is 0 Å². The van der Waals surface area contributed by atoms with Crippen LogP contribution in [0.2, 0.25) is 0 Å². The van der Waals surface area contributed by atoms with Gasteiger partial charge in [0.25, 0.3) is 0 Å². The molecule has 19 heavy (non-hydrogen) atoms. The summed E-state index contributed by atoms with van der Waals surface area (Å²) in [5.74, 6) is 0. The molecule has 1 saturated heterocycles. The molecule has 3 unspecified atom stereocenters. The fourth-order valence-corrected chi connectivity index (χ4v) is 3.45. The molecule has 0 radical (unpaired) electrons. The van der Waals surface area contributed by atoms with E-state index in [0.29, 0.717) is 18.2 Å². The van der Waals surface area contributed by atoms with Gasteiger partial charge >= 0.3 is 0 Å². The number of likely N-dealkylation sites (N-methyl/N-ethyl adjacent to an activating group) is 1. The van der Waals surface area contributed by atoms with Crippen LogP contribution in [0.15, 0.2) is 0 Å². The fraction of sp³-hybridized carbons (Fsp3) is 1.00. The molecular weight excluding hydrogens is 240 g/mol. The van der Waals surface area contributed by atoms with E-state index in [9.17, 15) is 0 Å². The van der Waals surface area contributed by atoms with Gasteiger partial charge in [-0.25, -0.2) is 0 Å². The lowest BCUT2D eigenvalue weighted by molar-refractivity contribution is -0.114. The molecule has 0 aromatic rings. The van der Waals surface area contributed by atoms with Gasteiger partial charge in [-0.3, -0.25) is 4.90 Å². The van der Waals surface area contributed by atoms with Gasteiger partial charge < -0.3 is 14.4 Å². The molecule has 2 rings (SSSR count). The van der Waals surface area contributed by atoms with Crippen LogP contribution in [0.1, 0.15) is 33.1 Å². The van der Waals surface area contributed by atoms with Crippen molar-refractivity contribution in [2.75, 3.05) is 46.4 Å². The van der Waals surface area contributed by atoms with Gasteiger partial charge in [0.15, 0.2) is 0 Å². The second-order valence-corrected chi connectivity index (χ2v) is 5.71. The first-order valence-electron chi connectivity index (χ1n) is 7.89. The Morgan fingerprint density at radius 1 is 1.26 bits per heavy atom. The summed E-state index contributed by atoms with van der Waals surface area (Å²) in [6.07, 6.45) is 4.32. The fourth-order valence-electron chi connectivity index (χ4n) is 3.45.